The van der Waals surface area contributed by atoms with Gasteiger partial charge in [-0.2, -0.15) is 4.98 Å². The second-order valence-electron chi connectivity index (χ2n) is 5.71. The first kappa shape index (κ1) is 16.9. The number of rotatable bonds is 5. The fraction of sp³-hybridized carbons (Fsp3) is 0.769. The molecule has 1 aromatic rings. The van der Waals surface area contributed by atoms with Gasteiger partial charge < -0.3 is 15.2 Å². The molecule has 0 aliphatic carbocycles. The zero-order valence-corrected chi connectivity index (χ0v) is 13.0. The van der Waals surface area contributed by atoms with Gasteiger partial charge in [0.05, 0.1) is 5.54 Å². The summed E-state index contributed by atoms with van der Waals surface area (Å²) >= 11 is 0. The predicted octanol–water partition coefficient (Wildman–Crippen LogP) is 1.54. The molecule has 114 valence electrons. The van der Waals surface area contributed by atoms with Crippen molar-refractivity contribution in [1.29, 1.82) is 0 Å². The molecule has 0 spiro atoms. The Hall–Kier alpha value is -1.14. The van der Waals surface area contributed by atoms with Crippen LogP contribution in [0.4, 0.5) is 0 Å². The lowest BCUT2D eigenvalue weighted by atomic mass is 10.0. The van der Waals surface area contributed by atoms with Crippen LogP contribution in [0.25, 0.3) is 0 Å². The Kier molecular flexibility index (Phi) is 5.95. The first-order valence-electron chi connectivity index (χ1n) is 6.80. The highest BCUT2D eigenvalue weighted by Gasteiger charge is 2.28. The first-order chi connectivity index (χ1) is 8.97. The van der Waals surface area contributed by atoms with E-state index in [1.807, 2.05) is 13.8 Å². The second-order valence-corrected chi connectivity index (χ2v) is 5.71. The number of halogens is 1. The summed E-state index contributed by atoms with van der Waals surface area (Å²) in [5.41, 5.74) is -0.594. The van der Waals surface area contributed by atoms with Crippen LogP contribution in [0.15, 0.2) is 4.52 Å². The van der Waals surface area contributed by atoms with E-state index in [0.29, 0.717) is 24.1 Å². The van der Waals surface area contributed by atoms with E-state index in [0.717, 1.165) is 19.5 Å². The molecule has 2 heterocycles. The Bertz CT molecular complexity index is 441. The fourth-order valence-corrected chi connectivity index (χ4v) is 2.32. The maximum absolute atomic E-state index is 12.0. The smallest absolute Gasteiger partial charge is 0.223 e. The summed E-state index contributed by atoms with van der Waals surface area (Å²) in [6.45, 7) is 7.60. The zero-order chi connectivity index (χ0) is 13.9. The summed E-state index contributed by atoms with van der Waals surface area (Å²) < 4.78 is 4.95. The van der Waals surface area contributed by atoms with E-state index in [4.69, 9.17) is 4.52 Å². The minimum Gasteiger partial charge on any atom is -0.344 e. The summed E-state index contributed by atoms with van der Waals surface area (Å²) in [6, 6.07) is 0. The molecular weight excluding hydrogens is 280 g/mol. The van der Waals surface area contributed by atoms with Gasteiger partial charge in [-0.25, -0.2) is 0 Å². The quantitative estimate of drug-likeness (QED) is 0.862. The van der Waals surface area contributed by atoms with E-state index in [1.54, 1.807) is 6.92 Å². The Morgan fingerprint density at radius 3 is 2.85 bits per heavy atom. The lowest BCUT2D eigenvalue weighted by Crippen LogP contribution is -2.42. The summed E-state index contributed by atoms with van der Waals surface area (Å²) in [5.74, 6) is 1.69. The minimum absolute atomic E-state index is 0. The number of hydrogen-bond acceptors (Lipinski definition) is 5. The fourth-order valence-electron chi connectivity index (χ4n) is 2.32. The number of amides is 1. The van der Waals surface area contributed by atoms with Crippen molar-refractivity contribution in [2.45, 2.75) is 45.6 Å². The number of aryl methyl sites for hydroxylation is 1. The highest BCUT2D eigenvalue weighted by molar-refractivity contribution is 5.85. The van der Waals surface area contributed by atoms with Crippen LogP contribution in [0, 0.1) is 12.8 Å². The molecule has 0 bridgehead atoms. The van der Waals surface area contributed by atoms with Crippen LogP contribution in [0.5, 0.6) is 0 Å². The minimum atomic E-state index is -0.594. The molecule has 0 radical (unpaired) electrons. The lowest BCUT2D eigenvalue weighted by molar-refractivity contribution is -0.123. The van der Waals surface area contributed by atoms with E-state index in [-0.39, 0.29) is 18.3 Å². The molecule has 1 fully saturated rings. The van der Waals surface area contributed by atoms with Crippen molar-refractivity contribution < 1.29 is 9.32 Å². The summed E-state index contributed by atoms with van der Waals surface area (Å²) in [5, 5.41) is 10.1. The van der Waals surface area contributed by atoms with E-state index < -0.39 is 5.54 Å². The molecule has 1 unspecified atom stereocenters. The Labute approximate surface area is 125 Å². The van der Waals surface area contributed by atoms with E-state index in [1.165, 1.54) is 6.42 Å². The molecule has 1 aliphatic heterocycles. The highest BCUT2D eigenvalue weighted by Crippen LogP contribution is 2.18. The van der Waals surface area contributed by atoms with Crippen LogP contribution >= 0.6 is 12.4 Å². The molecule has 1 saturated heterocycles. The van der Waals surface area contributed by atoms with Gasteiger partial charge in [0.2, 0.25) is 11.8 Å². The molecule has 1 amide bonds. The van der Waals surface area contributed by atoms with Crippen molar-refractivity contribution in [3.63, 3.8) is 0 Å². The van der Waals surface area contributed by atoms with Crippen molar-refractivity contribution in [2.75, 3.05) is 13.1 Å². The standard InChI is InChI=1S/C13H22N4O2.ClH/c1-9-15-12(17-19-9)13(2,3)16-11(18)5-4-10-6-7-14-8-10;/h10,14H,4-8H2,1-3H3,(H,16,18);1H. The topological polar surface area (TPSA) is 80.0 Å². The van der Waals surface area contributed by atoms with Gasteiger partial charge in [-0.3, -0.25) is 4.79 Å². The van der Waals surface area contributed by atoms with Gasteiger partial charge in [0.15, 0.2) is 5.82 Å². The second kappa shape index (κ2) is 7.04. The third-order valence-corrected chi connectivity index (χ3v) is 3.48. The Balaban J connectivity index is 0.00000200. The lowest BCUT2D eigenvalue weighted by Gasteiger charge is -2.22. The molecule has 2 N–H and O–H groups in total. The molecule has 20 heavy (non-hydrogen) atoms. The van der Waals surface area contributed by atoms with Crippen molar-refractivity contribution in [2.24, 2.45) is 5.92 Å². The summed E-state index contributed by atoms with van der Waals surface area (Å²) in [4.78, 5) is 16.1. The largest absolute Gasteiger partial charge is 0.344 e. The number of hydrogen-bond donors (Lipinski definition) is 2. The maximum atomic E-state index is 12.0. The molecule has 0 aromatic carbocycles. The van der Waals surface area contributed by atoms with Gasteiger partial charge in [0, 0.05) is 13.3 Å². The van der Waals surface area contributed by atoms with Gasteiger partial charge in [0.25, 0.3) is 0 Å². The average molecular weight is 303 g/mol. The van der Waals surface area contributed by atoms with Crippen LogP contribution in [0.3, 0.4) is 0 Å². The Morgan fingerprint density at radius 2 is 2.30 bits per heavy atom. The van der Waals surface area contributed by atoms with E-state index in [9.17, 15) is 4.79 Å². The number of carbonyl (C=O) groups excluding carboxylic acids is 1. The van der Waals surface area contributed by atoms with Crippen LogP contribution in [0.1, 0.15) is 44.8 Å². The van der Waals surface area contributed by atoms with Gasteiger partial charge in [-0.15, -0.1) is 12.4 Å². The predicted molar refractivity (Wildman–Crippen MR) is 77.7 cm³/mol. The van der Waals surface area contributed by atoms with Gasteiger partial charge in [-0.05, 0) is 45.7 Å². The van der Waals surface area contributed by atoms with Crippen molar-refractivity contribution >= 4 is 18.3 Å². The van der Waals surface area contributed by atoms with Crippen LogP contribution in [0.2, 0.25) is 0 Å². The molecule has 7 heteroatoms. The number of nitrogens with zero attached hydrogens (tertiary/aromatic N) is 2. The van der Waals surface area contributed by atoms with Crippen molar-refractivity contribution in [3.05, 3.63) is 11.7 Å². The van der Waals surface area contributed by atoms with Gasteiger partial charge >= 0.3 is 0 Å². The molecule has 1 aromatic heterocycles. The summed E-state index contributed by atoms with van der Waals surface area (Å²) in [6.07, 6.45) is 2.65. The monoisotopic (exact) mass is 302 g/mol. The van der Waals surface area contributed by atoms with Crippen molar-refractivity contribution in [1.82, 2.24) is 20.8 Å². The highest BCUT2D eigenvalue weighted by atomic mass is 35.5. The molecular formula is C13H23ClN4O2. The molecule has 1 aliphatic rings. The van der Waals surface area contributed by atoms with Crippen LogP contribution in [-0.4, -0.2) is 29.1 Å². The average Bonchev–Trinajstić information content (AvgIpc) is 2.96. The van der Waals surface area contributed by atoms with Crippen molar-refractivity contribution in [3.8, 4) is 0 Å². The molecule has 2 rings (SSSR count). The number of carbonyl (C=O) groups is 1. The Morgan fingerprint density at radius 1 is 1.55 bits per heavy atom. The van der Waals surface area contributed by atoms with Gasteiger partial charge in [0.1, 0.15) is 0 Å². The molecule has 1 atom stereocenters. The van der Waals surface area contributed by atoms with Gasteiger partial charge in [-0.1, -0.05) is 5.16 Å². The van der Waals surface area contributed by atoms with E-state index >= 15 is 0 Å². The third kappa shape index (κ3) is 4.45. The number of nitrogens with one attached hydrogen (secondary N) is 2. The molecule has 0 saturated carbocycles. The summed E-state index contributed by atoms with van der Waals surface area (Å²) in [7, 11) is 0. The SMILES string of the molecule is Cc1nc(C(C)(C)NC(=O)CCC2CCNC2)no1.Cl. The molecule has 6 nitrogen and oxygen atoms in total. The zero-order valence-electron chi connectivity index (χ0n) is 12.2. The van der Waals surface area contributed by atoms with E-state index in [2.05, 4.69) is 20.8 Å². The number of aromatic nitrogens is 2. The third-order valence-electron chi connectivity index (χ3n) is 3.48. The van der Waals surface area contributed by atoms with Crippen LogP contribution < -0.4 is 10.6 Å². The van der Waals surface area contributed by atoms with Crippen LogP contribution in [-0.2, 0) is 10.3 Å². The normalized spacial score (nSPS) is 18.6. The first-order valence-corrected chi connectivity index (χ1v) is 6.80. The maximum Gasteiger partial charge on any atom is 0.223 e.